The predicted molar refractivity (Wildman–Crippen MR) is 141 cm³/mol. The molecule has 4 rings (SSSR count). The van der Waals surface area contributed by atoms with Crippen molar-refractivity contribution in [2.24, 2.45) is 0 Å². The van der Waals surface area contributed by atoms with Crippen LogP contribution in [0.5, 0.6) is 0 Å². The second-order valence-corrected chi connectivity index (χ2v) is 9.49. The van der Waals surface area contributed by atoms with E-state index in [1.165, 1.54) is 18.7 Å². The molecule has 1 atom stereocenters. The summed E-state index contributed by atoms with van der Waals surface area (Å²) in [6, 6.07) is 20.2. The number of carbonyl (C=O) groups excluding carboxylic acids is 2. The maximum Gasteiger partial charge on any atom is 0.266 e. The molecule has 1 unspecified atom stereocenters. The monoisotopic (exact) mass is 485 g/mol. The van der Waals surface area contributed by atoms with Crippen molar-refractivity contribution in [3.8, 4) is 5.69 Å². The molecular weight excluding hydrogens is 458 g/mol. The maximum absolute atomic E-state index is 13.5. The van der Waals surface area contributed by atoms with Crippen LogP contribution in [0.2, 0.25) is 0 Å². The number of ketones is 1. The van der Waals surface area contributed by atoms with Crippen molar-refractivity contribution < 1.29 is 9.59 Å². The molecule has 0 aliphatic heterocycles. The lowest BCUT2D eigenvalue weighted by atomic mass is 10.0. The fourth-order valence-corrected chi connectivity index (χ4v) is 5.02. The third kappa shape index (κ3) is 5.20. The van der Waals surface area contributed by atoms with E-state index >= 15 is 0 Å². The number of nitrogens with one attached hydrogen (secondary N) is 1. The topological polar surface area (TPSA) is 81.1 Å². The zero-order chi connectivity index (χ0) is 25.1. The maximum atomic E-state index is 13.5. The number of benzene rings is 3. The van der Waals surface area contributed by atoms with Crippen LogP contribution >= 0.6 is 11.8 Å². The largest absolute Gasteiger partial charge is 0.350 e. The molecule has 35 heavy (non-hydrogen) atoms. The minimum absolute atomic E-state index is 0.0656. The first kappa shape index (κ1) is 24.4. The molecule has 0 spiro atoms. The first-order valence-corrected chi connectivity index (χ1v) is 12.4. The van der Waals surface area contributed by atoms with Crippen molar-refractivity contribution in [1.82, 2.24) is 14.9 Å². The molecule has 1 N–H and O–H groups in total. The smallest absolute Gasteiger partial charge is 0.266 e. The molecule has 1 heterocycles. The van der Waals surface area contributed by atoms with Crippen molar-refractivity contribution in [1.29, 1.82) is 0 Å². The van der Waals surface area contributed by atoms with Gasteiger partial charge in [0.15, 0.2) is 10.9 Å². The van der Waals surface area contributed by atoms with Gasteiger partial charge in [0.1, 0.15) is 0 Å². The van der Waals surface area contributed by atoms with Crippen molar-refractivity contribution in [2.45, 2.75) is 38.9 Å². The molecule has 0 fully saturated rings. The summed E-state index contributed by atoms with van der Waals surface area (Å²) in [6.07, 6.45) is 0. The first-order chi connectivity index (χ1) is 16.8. The first-order valence-electron chi connectivity index (χ1n) is 11.4. The standard InChI is InChI=1S/C28H27N3O3S/c1-17-8-7-9-18(2)26(17)31-27(34)23-10-5-6-11-24(23)30-28(31)35-16-25(33)22-14-12-21(13-15-22)19(3)29-20(4)32/h5-15,19H,16H2,1-4H3,(H,29,32). The number of Topliss-reactive ketones (excluding diaryl/α,β-unsaturated/α-hetero) is 1. The Bertz CT molecular complexity index is 1460. The Kier molecular flexibility index (Phi) is 7.17. The second-order valence-electron chi connectivity index (χ2n) is 8.55. The lowest BCUT2D eigenvalue weighted by molar-refractivity contribution is -0.119. The number of hydrogen-bond acceptors (Lipinski definition) is 5. The highest BCUT2D eigenvalue weighted by Crippen LogP contribution is 2.26. The molecule has 7 heteroatoms. The predicted octanol–water partition coefficient (Wildman–Crippen LogP) is 5.17. The average molecular weight is 486 g/mol. The molecule has 0 saturated heterocycles. The molecule has 4 aromatic rings. The van der Waals surface area contributed by atoms with Crippen LogP contribution in [0.3, 0.4) is 0 Å². The van der Waals surface area contributed by atoms with E-state index in [2.05, 4.69) is 5.32 Å². The molecule has 0 aliphatic carbocycles. The van der Waals surface area contributed by atoms with Gasteiger partial charge in [0.25, 0.3) is 5.56 Å². The molecule has 0 saturated carbocycles. The van der Waals surface area contributed by atoms with E-state index in [0.29, 0.717) is 21.6 Å². The average Bonchev–Trinajstić information content (AvgIpc) is 2.83. The van der Waals surface area contributed by atoms with Gasteiger partial charge in [-0.15, -0.1) is 0 Å². The Labute approximate surface area is 208 Å². The molecule has 0 aliphatic rings. The van der Waals surface area contributed by atoms with Gasteiger partial charge in [-0.25, -0.2) is 4.98 Å². The third-order valence-corrected chi connectivity index (χ3v) is 6.83. The number of nitrogens with zero attached hydrogens (tertiary/aromatic N) is 2. The van der Waals surface area contributed by atoms with E-state index in [-0.39, 0.29) is 29.0 Å². The van der Waals surface area contributed by atoms with Gasteiger partial charge in [-0.3, -0.25) is 19.0 Å². The van der Waals surface area contributed by atoms with Gasteiger partial charge in [-0.05, 0) is 49.6 Å². The van der Waals surface area contributed by atoms with Gasteiger partial charge >= 0.3 is 0 Å². The Balaban J connectivity index is 1.66. The molecular formula is C28H27N3O3S. The Morgan fingerprint density at radius 1 is 0.971 bits per heavy atom. The Morgan fingerprint density at radius 3 is 2.29 bits per heavy atom. The minimum atomic E-state index is -0.153. The molecule has 178 valence electrons. The Hall–Kier alpha value is -3.71. The number of aromatic nitrogens is 2. The minimum Gasteiger partial charge on any atom is -0.350 e. The van der Waals surface area contributed by atoms with Gasteiger partial charge in [0.2, 0.25) is 5.91 Å². The summed E-state index contributed by atoms with van der Waals surface area (Å²) in [7, 11) is 0. The molecule has 1 aromatic heterocycles. The number of hydrogen-bond donors (Lipinski definition) is 1. The van der Waals surface area contributed by atoms with Crippen LogP contribution in [0.1, 0.15) is 46.9 Å². The van der Waals surface area contributed by atoms with Gasteiger partial charge in [-0.2, -0.15) is 0 Å². The van der Waals surface area contributed by atoms with E-state index in [9.17, 15) is 14.4 Å². The van der Waals surface area contributed by atoms with Crippen LogP contribution in [0.15, 0.2) is 76.7 Å². The van der Waals surface area contributed by atoms with Gasteiger partial charge in [0.05, 0.1) is 28.4 Å². The normalized spacial score (nSPS) is 11.9. The fourth-order valence-electron chi connectivity index (χ4n) is 4.12. The SMILES string of the molecule is CC(=O)NC(C)c1ccc(C(=O)CSc2nc3ccccc3c(=O)n2-c2c(C)cccc2C)cc1. The van der Waals surface area contributed by atoms with E-state index < -0.39 is 0 Å². The summed E-state index contributed by atoms with van der Waals surface area (Å²) < 4.78 is 1.63. The zero-order valence-corrected chi connectivity index (χ0v) is 21.0. The number of thioether (sulfide) groups is 1. The van der Waals surface area contributed by atoms with Crippen LogP contribution in [0.25, 0.3) is 16.6 Å². The quantitative estimate of drug-likeness (QED) is 0.222. The van der Waals surface area contributed by atoms with E-state index in [0.717, 1.165) is 22.4 Å². The van der Waals surface area contributed by atoms with Crippen molar-refractivity contribution in [2.75, 3.05) is 5.75 Å². The van der Waals surface area contributed by atoms with Crippen LogP contribution in [-0.2, 0) is 4.79 Å². The van der Waals surface area contributed by atoms with Crippen LogP contribution < -0.4 is 10.9 Å². The molecule has 3 aromatic carbocycles. The molecule has 6 nitrogen and oxygen atoms in total. The Morgan fingerprint density at radius 2 is 1.63 bits per heavy atom. The van der Waals surface area contributed by atoms with Gasteiger partial charge in [0, 0.05) is 12.5 Å². The van der Waals surface area contributed by atoms with Gasteiger partial charge in [-0.1, -0.05) is 66.4 Å². The lowest BCUT2D eigenvalue weighted by Gasteiger charge is -2.17. The van der Waals surface area contributed by atoms with E-state index in [1.54, 1.807) is 22.8 Å². The summed E-state index contributed by atoms with van der Waals surface area (Å²) in [5, 5.41) is 3.86. The molecule has 0 radical (unpaired) electrons. The van der Waals surface area contributed by atoms with E-state index in [1.807, 2.05) is 69.3 Å². The summed E-state index contributed by atoms with van der Waals surface area (Å²) in [4.78, 5) is 42.6. The van der Waals surface area contributed by atoms with E-state index in [4.69, 9.17) is 4.98 Å². The van der Waals surface area contributed by atoms with Gasteiger partial charge < -0.3 is 5.32 Å². The number of rotatable bonds is 7. The lowest BCUT2D eigenvalue weighted by Crippen LogP contribution is -2.24. The highest BCUT2D eigenvalue weighted by molar-refractivity contribution is 7.99. The second kappa shape index (κ2) is 10.3. The number of fused-ring (bicyclic) bond motifs is 1. The van der Waals surface area contributed by atoms with Crippen molar-refractivity contribution >= 4 is 34.4 Å². The summed E-state index contributed by atoms with van der Waals surface area (Å²) in [5.41, 5.74) is 4.65. The van der Waals surface area contributed by atoms with Crippen LogP contribution in [0, 0.1) is 13.8 Å². The number of para-hydroxylation sites is 2. The summed E-state index contributed by atoms with van der Waals surface area (Å²) in [6.45, 7) is 7.30. The number of carbonyl (C=O) groups is 2. The molecule has 1 amide bonds. The highest BCUT2D eigenvalue weighted by Gasteiger charge is 2.18. The fraction of sp³-hybridized carbons (Fsp3) is 0.214. The third-order valence-electron chi connectivity index (χ3n) is 5.89. The number of amides is 1. The zero-order valence-electron chi connectivity index (χ0n) is 20.2. The number of aryl methyl sites for hydroxylation is 2. The van der Waals surface area contributed by atoms with Crippen molar-refractivity contribution in [3.05, 3.63) is 99.3 Å². The van der Waals surface area contributed by atoms with Crippen LogP contribution in [-0.4, -0.2) is 27.0 Å². The highest BCUT2D eigenvalue weighted by atomic mass is 32.2. The molecule has 0 bridgehead atoms. The summed E-state index contributed by atoms with van der Waals surface area (Å²) >= 11 is 1.26. The summed E-state index contributed by atoms with van der Waals surface area (Å²) in [5.74, 6) is -0.0351. The van der Waals surface area contributed by atoms with Crippen LogP contribution in [0.4, 0.5) is 0 Å². The van der Waals surface area contributed by atoms with Crippen molar-refractivity contribution in [3.63, 3.8) is 0 Å².